The van der Waals surface area contributed by atoms with Crippen molar-refractivity contribution >= 4 is 27.9 Å². The van der Waals surface area contributed by atoms with Gasteiger partial charge in [-0.3, -0.25) is 9.69 Å². The number of hydrogen-bond donors (Lipinski definition) is 1. The summed E-state index contributed by atoms with van der Waals surface area (Å²) in [7, 11) is 0. The Hall–Kier alpha value is -2.35. The lowest BCUT2D eigenvalue weighted by atomic mass is 9.92. The van der Waals surface area contributed by atoms with Gasteiger partial charge in [-0.05, 0) is 42.3 Å². The van der Waals surface area contributed by atoms with Gasteiger partial charge in [0.25, 0.3) is 5.91 Å². The summed E-state index contributed by atoms with van der Waals surface area (Å²) in [5.74, 6) is -3.23. The molecule has 2 aromatic rings. The standard InChI is InChI=1S/C17H12BrF3N2O2/c1-17(10-3-5-13(20)14(21)6-10)15(24)23(16(25)22-17)8-9-2-4-11(19)7-12(9)18/h2-7H,8H2,1H3,(H,22,25). The molecule has 0 bridgehead atoms. The average molecular weight is 413 g/mol. The number of urea groups is 1. The summed E-state index contributed by atoms with van der Waals surface area (Å²) in [4.78, 5) is 25.9. The predicted molar refractivity (Wildman–Crippen MR) is 86.9 cm³/mol. The van der Waals surface area contributed by atoms with Crippen LogP contribution in [0.25, 0.3) is 0 Å². The van der Waals surface area contributed by atoms with Gasteiger partial charge in [-0.1, -0.05) is 28.1 Å². The van der Waals surface area contributed by atoms with Gasteiger partial charge >= 0.3 is 6.03 Å². The number of halogens is 4. The lowest BCUT2D eigenvalue weighted by Crippen LogP contribution is -2.41. The molecule has 0 aromatic heterocycles. The monoisotopic (exact) mass is 412 g/mol. The molecule has 0 radical (unpaired) electrons. The van der Waals surface area contributed by atoms with Crippen molar-refractivity contribution in [1.82, 2.24) is 10.2 Å². The van der Waals surface area contributed by atoms with Crippen LogP contribution in [0.15, 0.2) is 40.9 Å². The highest BCUT2D eigenvalue weighted by Gasteiger charge is 2.49. The maximum Gasteiger partial charge on any atom is 0.325 e. The second-order valence-corrected chi connectivity index (χ2v) is 6.67. The van der Waals surface area contributed by atoms with Crippen LogP contribution in [0.2, 0.25) is 0 Å². The molecular weight excluding hydrogens is 401 g/mol. The Balaban J connectivity index is 1.92. The fourth-order valence-electron chi connectivity index (χ4n) is 2.66. The molecule has 3 amide bonds. The maximum atomic E-state index is 13.5. The van der Waals surface area contributed by atoms with Crippen molar-refractivity contribution in [3.8, 4) is 0 Å². The van der Waals surface area contributed by atoms with Gasteiger partial charge in [0.15, 0.2) is 11.6 Å². The Kier molecular flexibility index (Phi) is 4.32. The quantitative estimate of drug-likeness (QED) is 0.778. The van der Waals surface area contributed by atoms with Gasteiger partial charge in [0.2, 0.25) is 0 Å². The van der Waals surface area contributed by atoms with Crippen LogP contribution in [0.4, 0.5) is 18.0 Å². The number of carbonyl (C=O) groups is 2. The van der Waals surface area contributed by atoms with Crippen molar-refractivity contribution in [3.05, 3.63) is 69.4 Å². The first-order valence-electron chi connectivity index (χ1n) is 7.26. The van der Waals surface area contributed by atoms with Crippen LogP contribution in [0, 0.1) is 17.5 Å². The number of rotatable bonds is 3. The molecule has 0 spiro atoms. The van der Waals surface area contributed by atoms with Crippen LogP contribution >= 0.6 is 15.9 Å². The van der Waals surface area contributed by atoms with E-state index >= 15 is 0 Å². The zero-order valence-corrected chi connectivity index (χ0v) is 14.5. The van der Waals surface area contributed by atoms with E-state index in [2.05, 4.69) is 21.2 Å². The molecule has 1 aliphatic rings. The molecule has 1 N–H and O–H groups in total. The molecule has 1 fully saturated rings. The second kappa shape index (κ2) is 6.18. The third kappa shape index (κ3) is 3.02. The van der Waals surface area contributed by atoms with Crippen molar-refractivity contribution in [1.29, 1.82) is 0 Å². The first-order valence-corrected chi connectivity index (χ1v) is 8.05. The van der Waals surface area contributed by atoms with Crippen LogP contribution in [-0.4, -0.2) is 16.8 Å². The van der Waals surface area contributed by atoms with Crippen LogP contribution in [0.3, 0.4) is 0 Å². The summed E-state index contributed by atoms with van der Waals surface area (Å²) >= 11 is 3.18. The smallest absolute Gasteiger partial charge is 0.319 e. The Bertz CT molecular complexity index is 890. The Morgan fingerprint density at radius 3 is 2.44 bits per heavy atom. The highest BCUT2D eigenvalue weighted by atomic mass is 79.9. The molecule has 1 saturated heterocycles. The zero-order chi connectivity index (χ0) is 18.4. The number of nitrogens with zero attached hydrogens (tertiary/aromatic N) is 1. The summed E-state index contributed by atoms with van der Waals surface area (Å²) in [5, 5.41) is 2.50. The zero-order valence-electron chi connectivity index (χ0n) is 12.9. The average Bonchev–Trinajstić information content (AvgIpc) is 2.76. The van der Waals surface area contributed by atoms with E-state index < -0.39 is 34.9 Å². The topological polar surface area (TPSA) is 49.4 Å². The van der Waals surface area contributed by atoms with Gasteiger partial charge in [-0.25, -0.2) is 18.0 Å². The second-order valence-electron chi connectivity index (χ2n) is 5.81. The lowest BCUT2D eigenvalue weighted by Gasteiger charge is -2.22. The Morgan fingerprint density at radius 1 is 1.08 bits per heavy atom. The minimum absolute atomic E-state index is 0.0925. The van der Waals surface area contributed by atoms with Gasteiger partial charge < -0.3 is 5.32 Å². The Morgan fingerprint density at radius 2 is 1.80 bits per heavy atom. The van der Waals surface area contributed by atoms with Crippen molar-refractivity contribution < 1.29 is 22.8 Å². The number of imide groups is 1. The van der Waals surface area contributed by atoms with Crippen molar-refractivity contribution in [2.75, 3.05) is 0 Å². The fourth-order valence-corrected chi connectivity index (χ4v) is 3.14. The summed E-state index contributed by atoms with van der Waals surface area (Å²) in [5.41, 5.74) is -0.858. The van der Waals surface area contributed by atoms with Crippen LogP contribution in [0.5, 0.6) is 0 Å². The number of nitrogens with one attached hydrogen (secondary N) is 1. The van der Waals surface area contributed by atoms with E-state index in [0.717, 1.165) is 17.0 Å². The first kappa shape index (κ1) is 17.5. The molecule has 25 heavy (non-hydrogen) atoms. The summed E-state index contributed by atoms with van der Waals surface area (Å²) in [6, 6.07) is 6.24. The van der Waals surface area contributed by atoms with E-state index in [-0.39, 0.29) is 12.1 Å². The SMILES string of the molecule is CC1(c2ccc(F)c(F)c2)NC(=O)N(Cc2ccc(F)cc2Br)C1=O. The number of benzene rings is 2. The van der Waals surface area contributed by atoms with E-state index in [1.807, 2.05) is 0 Å². The van der Waals surface area contributed by atoms with Gasteiger partial charge in [0, 0.05) is 4.47 Å². The minimum atomic E-state index is -1.52. The molecule has 4 nitrogen and oxygen atoms in total. The van der Waals surface area contributed by atoms with Crippen molar-refractivity contribution in [2.24, 2.45) is 0 Å². The van der Waals surface area contributed by atoms with Gasteiger partial charge in [-0.15, -0.1) is 0 Å². The van der Waals surface area contributed by atoms with Gasteiger partial charge in [0.05, 0.1) is 6.54 Å². The highest BCUT2D eigenvalue weighted by molar-refractivity contribution is 9.10. The maximum absolute atomic E-state index is 13.5. The van der Waals surface area contributed by atoms with Crippen LogP contribution < -0.4 is 5.32 Å². The summed E-state index contributed by atoms with van der Waals surface area (Å²) in [6.45, 7) is 1.32. The summed E-state index contributed by atoms with van der Waals surface area (Å²) in [6.07, 6.45) is 0. The van der Waals surface area contributed by atoms with E-state index in [9.17, 15) is 22.8 Å². The minimum Gasteiger partial charge on any atom is -0.319 e. The fraction of sp³-hybridized carbons (Fsp3) is 0.176. The molecule has 1 heterocycles. The molecule has 1 unspecified atom stereocenters. The van der Waals surface area contributed by atoms with Crippen molar-refractivity contribution in [3.63, 3.8) is 0 Å². The molecule has 1 atom stereocenters. The molecule has 1 aliphatic heterocycles. The van der Waals surface area contributed by atoms with Gasteiger partial charge in [0.1, 0.15) is 11.4 Å². The highest BCUT2D eigenvalue weighted by Crippen LogP contribution is 2.31. The normalized spacial score (nSPS) is 20.1. The number of carbonyl (C=O) groups excluding carboxylic acids is 2. The number of hydrogen-bond acceptors (Lipinski definition) is 2. The summed E-state index contributed by atoms with van der Waals surface area (Å²) < 4.78 is 40.2. The first-order chi connectivity index (χ1) is 11.7. The van der Waals surface area contributed by atoms with E-state index in [1.165, 1.54) is 31.2 Å². The van der Waals surface area contributed by atoms with E-state index in [0.29, 0.717) is 10.0 Å². The largest absolute Gasteiger partial charge is 0.325 e. The third-order valence-electron chi connectivity index (χ3n) is 4.12. The van der Waals surface area contributed by atoms with Gasteiger partial charge in [-0.2, -0.15) is 0 Å². The molecular formula is C17H12BrF3N2O2. The van der Waals surface area contributed by atoms with E-state index in [4.69, 9.17) is 0 Å². The van der Waals surface area contributed by atoms with Crippen LogP contribution in [0.1, 0.15) is 18.1 Å². The molecule has 0 aliphatic carbocycles. The number of amides is 3. The van der Waals surface area contributed by atoms with Crippen molar-refractivity contribution in [2.45, 2.75) is 19.0 Å². The molecule has 130 valence electrons. The van der Waals surface area contributed by atoms with E-state index in [1.54, 1.807) is 0 Å². The lowest BCUT2D eigenvalue weighted by molar-refractivity contribution is -0.131. The molecule has 2 aromatic carbocycles. The molecule has 3 rings (SSSR count). The molecule has 0 saturated carbocycles. The third-order valence-corrected chi connectivity index (χ3v) is 4.85. The Labute approximate surface area is 149 Å². The predicted octanol–water partition coefficient (Wildman–Crippen LogP) is 3.83. The molecule has 8 heteroatoms. The van der Waals surface area contributed by atoms with Crippen LogP contribution in [-0.2, 0) is 16.9 Å².